The van der Waals surface area contributed by atoms with Gasteiger partial charge < -0.3 is 19.4 Å². The second-order valence-corrected chi connectivity index (χ2v) is 7.98. The Kier molecular flexibility index (Phi) is 8.02. The van der Waals surface area contributed by atoms with E-state index in [0.717, 1.165) is 18.8 Å². The number of benzene rings is 1. The van der Waals surface area contributed by atoms with Crippen molar-refractivity contribution in [2.45, 2.75) is 0 Å². The molecule has 0 bridgehead atoms. The van der Waals surface area contributed by atoms with E-state index in [2.05, 4.69) is 14.9 Å². The number of nitrogens with zero attached hydrogens (tertiary/aromatic N) is 7. The summed E-state index contributed by atoms with van der Waals surface area (Å²) in [6.07, 6.45) is 1.47. The molecule has 0 saturated carbocycles. The molecule has 0 radical (unpaired) electrons. The molecule has 0 aliphatic carbocycles. The Labute approximate surface area is 192 Å². The standard InChI is InChI=1S/C20H28ClN7O4/c1-24(2)7-8-25(3)15-5-6-17(18(13-15)28(29)30)27(31-4)20-22-14-16(21)19(23-20)26-9-11-32-12-10-26/h5-6,13-14H,7-12H2,1-4H3. The number of halogens is 1. The van der Waals surface area contributed by atoms with Crippen LogP contribution in [0.25, 0.3) is 0 Å². The number of hydrogen-bond acceptors (Lipinski definition) is 10. The highest BCUT2D eigenvalue weighted by Crippen LogP contribution is 2.36. The minimum Gasteiger partial charge on any atom is -0.378 e. The van der Waals surface area contributed by atoms with Crippen LogP contribution in [0.1, 0.15) is 0 Å². The van der Waals surface area contributed by atoms with Crippen molar-refractivity contribution >= 4 is 40.4 Å². The number of hydrogen-bond donors (Lipinski definition) is 0. The van der Waals surface area contributed by atoms with Crippen LogP contribution in [-0.2, 0) is 9.57 Å². The summed E-state index contributed by atoms with van der Waals surface area (Å²) in [4.78, 5) is 31.7. The van der Waals surface area contributed by atoms with Gasteiger partial charge in [-0.25, -0.2) is 4.98 Å². The molecule has 32 heavy (non-hydrogen) atoms. The van der Waals surface area contributed by atoms with Crippen molar-refractivity contribution in [1.82, 2.24) is 14.9 Å². The van der Waals surface area contributed by atoms with Crippen molar-refractivity contribution in [3.05, 3.63) is 39.5 Å². The molecule has 3 rings (SSSR count). The Morgan fingerprint density at radius 3 is 2.59 bits per heavy atom. The lowest BCUT2D eigenvalue weighted by Crippen LogP contribution is -2.37. The van der Waals surface area contributed by atoms with Gasteiger partial charge in [-0.1, -0.05) is 11.6 Å². The lowest BCUT2D eigenvalue weighted by molar-refractivity contribution is -0.384. The number of rotatable bonds is 9. The average molecular weight is 466 g/mol. The summed E-state index contributed by atoms with van der Waals surface area (Å²) >= 11 is 6.33. The number of ether oxygens (including phenoxy) is 1. The van der Waals surface area contributed by atoms with Crippen molar-refractivity contribution in [1.29, 1.82) is 0 Å². The minimum absolute atomic E-state index is 0.118. The third-order valence-electron chi connectivity index (χ3n) is 5.09. The van der Waals surface area contributed by atoms with Crippen molar-refractivity contribution in [2.24, 2.45) is 0 Å². The summed E-state index contributed by atoms with van der Waals surface area (Å²) in [5.41, 5.74) is 0.828. The van der Waals surface area contributed by atoms with E-state index < -0.39 is 4.92 Å². The third kappa shape index (κ3) is 5.54. The van der Waals surface area contributed by atoms with E-state index >= 15 is 0 Å². The SMILES string of the molecule is CON(c1ncc(Cl)c(N2CCOCC2)n1)c1ccc(N(C)CCN(C)C)cc1[N+](=O)[O-]. The van der Waals surface area contributed by atoms with E-state index in [9.17, 15) is 10.1 Å². The molecule has 0 amide bonds. The summed E-state index contributed by atoms with van der Waals surface area (Å²) in [6, 6.07) is 4.97. The Bertz CT molecular complexity index is 940. The van der Waals surface area contributed by atoms with Gasteiger partial charge in [-0.05, 0) is 26.2 Å². The van der Waals surface area contributed by atoms with Crippen molar-refractivity contribution in [3.63, 3.8) is 0 Å². The summed E-state index contributed by atoms with van der Waals surface area (Å²) in [6.45, 7) is 3.95. The molecule has 1 aromatic heterocycles. The highest BCUT2D eigenvalue weighted by molar-refractivity contribution is 6.32. The molecule has 1 aliphatic rings. The van der Waals surface area contributed by atoms with E-state index in [1.807, 2.05) is 37.0 Å². The lowest BCUT2D eigenvalue weighted by atomic mass is 10.2. The molecule has 1 aliphatic heterocycles. The number of morpholine rings is 1. The third-order valence-corrected chi connectivity index (χ3v) is 5.35. The molecule has 2 heterocycles. The maximum absolute atomic E-state index is 11.9. The van der Waals surface area contributed by atoms with Gasteiger partial charge in [-0.3, -0.25) is 15.0 Å². The van der Waals surface area contributed by atoms with Crippen LogP contribution in [0.15, 0.2) is 24.4 Å². The molecule has 0 unspecified atom stereocenters. The molecular weight excluding hydrogens is 438 g/mol. The van der Waals surface area contributed by atoms with Gasteiger partial charge in [0.15, 0.2) is 11.5 Å². The number of anilines is 4. The highest BCUT2D eigenvalue weighted by Gasteiger charge is 2.26. The largest absolute Gasteiger partial charge is 0.378 e. The van der Waals surface area contributed by atoms with Gasteiger partial charge in [0.1, 0.15) is 5.02 Å². The number of nitro groups is 1. The molecule has 0 atom stereocenters. The fourth-order valence-electron chi connectivity index (χ4n) is 3.28. The van der Waals surface area contributed by atoms with E-state index in [-0.39, 0.29) is 17.3 Å². The second kappa shape index (κ2) is 10.7. The van der Waals surface area contributed by atoms with Gasteiger partial charge in [-0.15, -0.1) is 0 Å². The van der Waals surface area contributed by atoms with Gasteiger partial charge in [0.05, 0.1) is 31.4 Å². The molecule has 11 nitrogen and oxygen atoms in total. The van der Waals surface area contributed by atoms with Crippen LogP contribution in [0.3, 0.4) is 0 Å². The van der Waals surface area contributed by atoms with Gasteiger partial charge in [0, 0.05) is 45.0 Å². The van der Waals surface area contributed by atoms with Gasteiger partial charge in [-0.2, -0.15) is 10.0 Å². The monoisotopic (exact) mass is 465 g/mol. The smallest absolute Gasteiger partial charge is 0.297 e. The Morgan fingerprint density at radius 2 is 1.97 bits per heavy atom. The predicted molar refractivity (Wildman–Crippen MR) is 124 cm³/mol. The summed E-state index contributed by atoms with van der Waals surface area (Å²) in [5, 5.41) is 13.5. The highest BCUT2D eigenvalue weighted by atomic mass is 35.5. The first-order valence-electron chi connectivity index (χ1n) is 10.2. The van der Waals surface area contributed by atoms with Crippen LogP contribution in [0.5, 0.6) is 0 Å². The molecule has 0 N–H and O–H groups in total. The van der Waals surface area contributed by atoms with Gasteiger partial charge in [0.2, 0.25) is 0 Å². The zero-order valence-corrected chi connectivity index (χ0v) is 19.4. The molecule has 174 valence electrons. The lowest BCUT2D eigenvalue weighted by Gasteiger charge is -2.29. The van der Waals surface area contributed by atoms with Crippen LogP contribution in [-0.4, -0.2) is 87.4 Å². The zero-order valence-electron chi connectivity index (χ0n) is 18.7. The molecule has 1 fully saturated rings. The zero-order chi connectivity index (χ0) is 23.3. The van der Waals surface area contributed by atoms with Crippen molar-refractivity contribution < 1.29 is 14.5 Å². The molecular formula is C20H28ClN7O4. The summed E-state index contributed by atoms with van der Waals surface area (Å²) < 4.78 is 5.39. The van der Waals surface area contributed by atoms with E-state index in [1.165, 1.54) is 24.4 Å². The number of aromatic nitrogens is 2. The maximum atomic E-state index is 11.9. The molecule has 1 saturated heterocycles. The van der Waals surface area contributed by atoms with Gasteiger partial charge >= 0.3 is 0 Å². The minimum atomic E-state index is -0.441. The van der Waals surface area contributed by atoms with Gasteiger partial charge in [0.25, 0.3) is 11.6 Å². The molecule has 2 aromatic rings. The number of nitro benzene ring substituents is 1. The average Bonchev–Trinajstić information content (AvgIpc) is 2.79. The summed E-state index contributed by atoms with van der Waals surface area (Å²) in [5.74, 6) is 0.680. The molecule has 0 spiro atoms. The van der Waals surface area contributed by atoms with Crippen LogP contribution in [0.4, 0.5) is 28.8 Å². The molecule has 12 heteroatoms. The topological polar surface area (TPSA) is 100 Å². The van der Waals surface area contributed by atoms with Crippen LogP contribution in [0.2, 0.25) is 5.02 Å². The first-order chi connectivity index (χ1) is 15.3. The maximum Gasteiger partial charge on any atom is 0.297 e. The first-order valence-corrected chi connectivity index (χ1v) is 10.5. The quantitative estimate of drug-likeness (QED) is 0.405. The fourth-order valence-corrected chi connectivity index (χ4v) is 3.49. The summed E-state index contributed by atoms with van der Waals surface area (Å²) in [7, 11) is 7.26. The molecule has 1 aromatic carbocycles. The predicted octanol–water partition coefficient (Wildman–Crippen LogP) is 2.57. The Morgan fingerprint density at radius 1 is 1.25 bits per heavy atom. The normalized spacial score (nSPS) is 14.0. The van der Waals surface area contributed by atoms with Crippen LogP contribution in [0, 0.1) is 10.1 Å². The Balaban J connectivity index is 1.95. The number of likely N-dealkylation sites (N-methyl/N-ethyl adjacent to an activating group) is 2. The second-order valence-electron chi connectivity index (χ2n) is 7.57. The van der Waals surface area contributed by atoms with Crippen LogP contribution >= 0.6 is 11.6 Å². The Hall–Kier alpha value is -2.73. The van der Waals surface area contributed by atoms with E-state index in [0.29, 0.717) is 37.1 Å². The first kappa shape index (κ1) is 23.9. The van der Waals surface area contributed by atoms with E-state index in [1.54, 1.807) is 6.07 Å². The van der Waals surface area contributed by atoms with Crippen LogP contribution < -0.4 is 14.9 Å². The van der Waals surface area contributed by atoms with Crippen molar-refractivity contribution in [2.75, 3.05) is 82.5 Å². The van der Waals surface area contributed by atoms with E-state index in [4.69, 9.17) is 21.2 Å². The van der Waals surface area contributed by atoms with Crippen molar-refractivity contribution in [3.8, 4) is 0 Å². The fraction of sp³-hybridized carbons (Fsp3) is 0.500.